The van der Waals surface area contributed by atoms with Crippen LogP contribution in [0.2, 0.25) is 0 Å². The highest BCUT2D eigenvalue weighted by molar-refractivity contribution is 5.27. The molecule has 21 heavy (non-hydrogen) atoms. The maximum absolute atomic E-state index is 5.68. The predicted octanol–water partition coefficient (Wildman–Crippen LogP) is 3.77. The normalized spacial score (nSPS) is 15.9. The third kappa shape index (κ3) is 5.68. The van der Waals surface area contributed by atoms with Crippen LogP contribution in [0.4, 0.5) is 0 Å². The zero-order valence-electron chi connectivity index (χ0n) is 13.5. The number of benzene rings is 1. The third-order valence-electron chi connectivity index (χ3n) is 4.31. The van der Waals surface area contributed by atoms with Crippen molar-refractivity contribution >= 4 is 0 Å². The SMILES string of the molecule is CCCCOc1ccc(CNCC2(CCOC)CC2)cc1. The summed E-state index contributed by atoms with van der Waals surface area (Å²) in [6.45, 7) is 5.91. The summed E-state index contributed by atoms with van der Waals surface area (Å²) in [6.07, 6.45) is 6.15. The van der Waals surface area contributed by atoms with Crippen LogP contribution in [0.5, 0.6) is 5.75 Å². The fourth-order valence-electron chi connectivity index (χ4n) is 2.52. The molecule has 1 saturated carbocycles. The van der Waals surface area contributed by atoms with E-state index in [2.05, 4.69) is 36.5 Å². The first-order valence-corrected chi connectivity index (χ1v) is 8.19. The van der Waals surface area contributed by atoms with Crippen LogP contribution < -0.4 is 10.1 Å². The molecule has 3 nitrogen and oxygen atoms in total. The summed E-state index contributed by atoms with van der Waals surface area (Å²) in [6, 6.07) is 8.46. The highest BCUT2D eigenvalue weighted by Gasteiger charge is 2.41. The van der Waals surface area contributed by atoms with Crippen molar-refractivity contribution in [1.82, 2.24) is 5.32 Å². The number of hydrogen-bond acceptors (Lipinski definition) is 3. The zero-order chi connectivity index (χ0) is 15.0. The van der Waals surface area contributed by atoms with E-state index in [-0.39, 0.29) is 0 Å². The fraction of sp³-hybridized carbons (Fsp3) is 0.667. The van der Waals surface area contributed by atoms with E-state index in [4.69, 9.17) is 9.47 Å². The van der Waals surface area contributed by atoms with E-state index in [0.29, 0.717) is 5.41 Å². The van der Waals surface area contributed by atoms with Crippen LogP contribution in [-0.2, 0) is 11.3 Å². The van der Waals surface area contributed by atoms with Crippen LogP contribution in [-0.4, -0.2) is 26.9 Å². The molecular formula is C18H29NO2. The Kier molecular flexibility index (Phi) is 6.52. The minimum absolute atomic E-state index is 0.513. The molecule has 0 aromatic heterocycles. The molecule has 118 valence electrons. The van der Waals surface area contributed by atoms with Gasteiger partial charge in [-0.15, -0.1) is 0 Å². The van der Waals surface area contributed by atoms with Crippen molar-refractivity contribution in [1.29, 1.82) is 0 Å². The minimum atomic E-state index is 0.513. The standard InChI is InChI=1S/C18H29NO2/c1-3-4-12-21-17-7-5-16(6-8-17)14-19-15-18(9-10-18)11-13-20-2/h5-8,19H,3-4,9-15H2,1-2H3. The van der Waals surface area contributed by atoms with Gasteiger partial charge in [0, 0.05) is 26.8 Å². The number of unbranched alkanes of at least 4 members (excludes halogenated alkanes) is 1. The van der Waals surface area contributed by atoms with Gasteiger partial charge in [0.25, 0.3) is 0 Å². The number of ether oxygens (including phenoxy) is 2. The Morgan fingerprint density at radius 3 is 2.52 bits per heavy atom. The van der Waals surface area contributed by atoms with Crippen LogP contribution in [0.15, 0.2) is 24.3 Å². The Bertz CT molecular complexity index is 398. The van der Waals surface area contributed by atoms with E-state index < -0.39 is 0 Å². The Labute approximate surface area is 129 Å². The molecule has 0 unspecified atom stereocenters. The van der Waals surface area contributed by atoms with Crippen molar-refractivity contribution in [2.45, 2.75) is 45.6 Å². The van der Waals surface area contributed by atoms with E-state index >= 15 is 0 Å². The predicted molar refractivity (Wildman–Crippen MR) is 86.7 cm³/mol. The Morgan fingerprint density at radius 1 is 1.14 bits per heavy atom. The number of nitrogens with one attached hydrogen (secondary N) is 1. The molecule has 1 aromatic rings. The third-order valence-corrected chi connectivity index (χ3v) is 4.31. The van der Waals surface area contributed by atoms with Gasteiger partial charge in [0.05, 0.1) is 6.61 Å². The molecule has 0 amide bonds. The monoisotopic (exact) mass is 291 g/mol. The fourth-order valence-corrected chi connectivity index (χ4v) is 2.52. The molecule has 1 aliphatic carbocycles. The van der Waals surface area contributed by atoms with Crippen molar-refractivity contribution in [2.24, 2.45) is 5.41 Å². The summed E-state index contributed by atoms with van der Waals surface area (Å²) in [5.41, 5.74) is 1.83. The summed E-state index contributed by atoms with van der Waals surface area (Å²) in [4.78, 5) is 0. The maximum atomic E-state index is 5.68. The van der Waals surface area contributed by atoms with Gasteiger partial charge in [-0.3, -0.25) is 0 Å². The summed E-state index contributed by atoms with van der Waals surface area (Å²) in [7, 11) is 1.79. The molecule has 1 fully saturated rings. The lowest BCUT2D eigenvalue weighted by Gasteiger charge is -2.15. The van der Waals surface area contributed by atoms with E-state index in [1.807, 2.05) is 0 Å². The molecule has 0 aliphatic heterocycles. The average Bonchev–Trinajstić information content (AvgIpc) is 3.27. The van der Waals surface area contributed by atoms with Gasteiger partial charge < -0.3 is 14.8 Å². The highest BCUT2D eigenvalue weighted by atomic mass is 16.5. The smallest absolute Gasteiger partial charge is 0.119 e. The van der Waals surface area contributed by atoms with Crippen molar-refractivity contribution in [3.63, 3.8) is 0 Å². The second-order valence-corrected chi connectivity index (χ2v) is 6.19. The lowest BCUT2D eigenvalue weighted by atomic mass is 10.0. The van der Waals surface area contributed by atoms with Crippen molar-refractivity contribution in [3.05, 3.63) is 29.8 Å². The van der Waals surface area contributed by atoms with E-state index in [1.165, 1.54) is 31.2 Å². The van der Waals surface area contributed by atoms with Gasteiger partial charge in [-0.1, -0.05) is 25.5 Å². The molecule has 0 spiro atoms. The van der Waals surface area contributed by atoms with Gasteiger partial charge >= 0.3 is 0 Å². The van der Waals surface area contributed by atoms with Gasteiger partial charge in [-0.2, -0.15) is 0 Å². The molecule has 1 N–H and O–H groups in total. The minimum Gasteiger partial charge on any atom is -0.494 e. The molecule has 0 radical (unpaired) electrons. The number of methoxy groups -OCH3 is 1. The largest absolute Gasteiger partial charge is 0.494 e. The van der Waals surface area contributed by atoms with E-state index in [1.54, 1.807) is 7.11 Å². The van der Waals surface area contributed by atoms with Crippen molar-refractivity contribution < 1.29 is 9.47 Å². The van der Waals surface area contributed by atoms with Gasteiger partial charge in [0.1, 0.15) is 5.75 Å². The molecule has 1 aliphatic rings. The zero-order valence-corrected chi connectivity index (χ0v) is 13.5. The molecule has 0 heterocycles. The van der Waals surface area contributed by atoms with Crippen LogP contribution in [0, 0.1) is 5.41 Å². The summed E-state index contributed by atoms with van der Waals surface area (Å²) in [5, 5.41) is 3.59. The molecule has 3 heteroatoms. The summed E-state index contributed by atoms with van der Waals surface area (Å²) in [5.74, 6) is 0.978. The summed E-state index contributed by atoms with van der Waals surface area (Å²) < 4.78 is 10.9. The van der Waals surface area contributed by atoms with E-state index in [9.17, 15) is 0 Å². The Morgan fingerprint density at radius 2 is 1.90 bits per heavy atom. The lowest BCUT2D eigenvalue weighted by Crippen LogP contribution is -2.24. The quantitative estimate of drug-likeness (QED) is 0.630. The van der Waals surface area contributed by atoms with Gasteiger partial charge in [0.15, 0.2) is 0 Å². The summed E-state index contributed by atoms with van der Waals surface area (Å²) >= 11 is 0. The first-order valence-electron chi connectivity index (χ1n) is 8.19. The Balaban J connectivity index is 1.66. The van der Waals surface area contributed by atoms with Crippen molar-refractivity contribution in [3.8, 4) is 5.75 Å². The first kappa shape index (κ1) is 16.3. The van der Waals surface area contributed by atoms with Gasteiger partial charge in [-0.05, 0) is 48.8 Å². The Hall–Kier alpha value is -1.06. The van der Waals surface area contributed by atoms with Crippen LogP contribution in [0.3, 0.4) is 0 Å². The maximum Gasteiger partial charge on any atom is 0.119 e. The lowest BCUT2D eigenvalue weighted by molar-refractivity contribution is 0.171. The van der Waals surface area contributed by atoms with Crippen molar-refractivity contribution in [2.75, 3.05) is 26.9 Å². The number of hydrogen-bond donors (Lipinski definition) is 1. The highest BCUT2D eigenvalue weighted by Crippen LogP contribution is 2.48. The molecule has 2 rings (SSSR count). The second-order valence-electron chi connectivity index (χ2n) is 6.19. The second kappa shape index (κ2) is 8.40. The molecule has 0 atom stereocenters. The molecular weight excluding hydrogens is 262 g/mol. The topological polar surface area (TPSA) is 30.5 Å². The first-order chi connectivity index (χ1) is 10.3. The van der Waals surface area contributed by atoms with Crippen LogP contribution in [0.25, 0.3) is 0 Å². The van der Waals surface area contributed by atoms with Gasteiger partial charge in [-0.25, -0.2) is 0 Å². The van der Waals surface area contributed by atoms with Crippen LogP contribution >= 0.6 is 0 Å². The van der Waals surface area contributed by atoms with Crippen LogP contribution in [0.1, 0.15) is 44.6 Å². The average molecular weight is 291 g/mol. The van der Waals surface area contributed by atoms with E-state index in [0.717, 1.165) is 38.5 Å². The molecule has 1 aromatic carbocycles. The molecule has 0 saturated heterocycles. The molecule has 0 bridgehead atoms. The number of rotatable bonds is 11. The van der Waals surface area contributed by atoms with Gasteiger partial charge in [0.2, 0.25) is 0 Å².